The quantitative estimate of drug-likeness (QED) is 0.881. The first-order chi connectivity index (χ1) is 11.6. The first kappa shape index (κ1) is 16.3. The van der Waals surface area contributed by atoms with Crippen molar-refractivity contribution in [2.45, 2.75) is 26.1 Å². The van der Waals surface area contributed by atoms with Crippen LogP contribution in [-0.4, -0.2) is 46.5 Å². The molecule has 2 aromatic heterocycles. The number of hydrogen-bond donors (Lipinski definition) is 1. The summed E-state index contributed by atoms with van der Waals surface area (Å²) in [6.07, 6.45) is 3.28. The zero-order chi connectivity index (χ0) is 17.1. The summed E-state index contributed by atoms with van der Waals surface area (Å²) < 4.78 is 12.0. The normalized spacial score (nSPS) is 16.8. The molecule has 1 N–H and O–H groups in total. The third-order valence-corrected chi connectivity index (χ3v) is 4.05. The summed E-state index contributed by atoms with van der Waals surface area (Å²) >= 11 is 0. The summed E-state index contributed by atoms with van der Waals surface area (Å²) in [5.74, 6) is 1.03. The average Bonchev–Trinajstić information content (AvgIpc) is 3.23. The van der Waals surface area contributed by atoms with Crippen LogP contribution in [0, 0.1) is 0 Å². The predicted molar refractivity (Wildman–Crippen MR) is 84.1 cm³/mol. The first-order valence-corrected chi connectivity index (χ1v) is 7.76. The monoisotopic (exact) mass is 332 g/mol. The fourth-order valence-electron chi connectivity index (χ4n) is 2.82. The van der Waals surface area contributed by atoms with Crippen molar-refractivity contribution in [2.75, 3.05) is 20.3 Å². The molecule has 0 aliphatic carbocycles. The minimum absolute atomic E-state index is 0.0432. The second-order valence-corrected chi connectivity index (χ2v) is 5.64. The van der Waals surface area contributed by atoms with E-state index in [0.717, 1.165) is 0 Å². The molecule has 0 aromatic carbocycles. The van der Waals surface area contributed by atoms with Crippen molar-refractivity contribution in [3.63, 3.8) is 0 Å². The molecule has 0 spiro atoms. The number of amides is 2. The molecule has 8 nitrogen and oxygen atoms in total. The maximum absolute atomic E-state index is 12.3. The van der Waals surface area contributed by atoms with E-state index in [-0.39, 0.29) is 24.5 Å². The topological polar surface area (TPSA) is 89.6 Å². The summed E-state index contributed by atoms with van der Waals surface area (Å²) in [5.41, 5.74) is 0.337. The molecular weight excluding hydrogens is 312 g/mol. The van der Waals surface area contributed by atoms with E-state index in [0.29, 0.717) is 36.9 Å². The van der Waals surface area contributed by atoms with Gasteiger partial charge in [0, 0.05) is 26.4 Å². The number of methoxy groups -OCH3 is 1. The van der Waals surface area contributed by atoms with Gasteiger partial charge in [-0.1, -0.05) is 0 Å². The number of carbonyl (C=O) groups is 2. The van der Waals surface area contributed by atoms with Gasteiger partial charge in [0.1, 0.15) is 23.9 Å². The highest BCUT2D eigenvalue weighted by atomic mass is 16.5. The standard InChI is InChI=1S/C16H20N4O4/c1-11-15-18-13(16(22)17-8-12-4-3-7-24-12)9-19(15)5-6-20(11)14(21)10-23-2/h3-4,7,9,11H,5-6,8,10H2,1-2H3,(H,17,22). The van der Waals surface area contributed by atoms with E-state index in [4.69, 9.17) is 9.15 Å². The third kappa shape index (κ3) is 3.18. The van der Waals surface area contributed by atoms with Gasteiger partial charge < -0.3 is 23.9 Å². The fraction of sp³-hybridized carbons (Fsp3) is 0.438. The lowest BCUT2D eigenvalue weighted by Gasteiger charge is -2.33. The average molecular weight is 332 g/mol. The number of carbonyl (C=O) groups excluding carboxylic acids is 2. The van der Waals surface area contributed by atoms with Crippen molar-refractivity contribution < 1.29 is 18.7 Å². The molecule has 0 saturated carbocycles. The van der Waals surface area contributed by atoms with Gasteiger partial charge in [-0.05, 0) is 19.1 Å². The molecule has 0 saturated heterocycles. The Kier molecular flexibility index (Phi) is 4.66. The minimum atomic E-state index is -0.268. The van der Waals surface area contributed by atoms with Gasteiger partial charge in [-0.3, -0.25) is 9.59 Å². The van der Waals surface area contributed by atoms with Crippen LogP contribution in [0.25, 0.3) is 0 Å². The third-order valence-electron chi connectivity index (χ3n) is 4.05. The van der Waals surface area contributed by atoms with Gasteiger partial charge >= 0.3 is 0 Å². The van der Waals surface area contributed by atoms with Gasteiger partial charge in [-0.25, -0.2) is 4.98 Å². The van der Waals surface area contributed by atoms with Crippen LogP contribution in [0.15, 0.2) is 29.0 Å². The Morgan fingerprint density at radius 1 is 1.46 bits per heavy atom. The Morgan fingerprint density at radius 3 is 3.00 bits per heavy atom. The van der Waals surface area contributed by atoms with E-state index < -0.39 is 0 Å². The molecule has 1 aliphatic heterocycles. The fourth-order valence-corrected chi connectivity index (χ4v) is 2.82. The highest BCUT2D eigenvalue weighted by molar-refractivity contribution is 5.92. The Labute approximate surface area is 139 Å². The SMILES string of the molecule is COCC(=O)N1CCn2cc(C(=O)NCc3ccco3)nc2C1C. The molecule has 1 unspecified atom stereocenters. The smallest absolute Gasteiger partial charge is 0.271 e. The number of furan rings is 1. The van der Waals surface area contributed by atoms with Gasteiger partial charge in [-0.2, -0.15) is 0 Å². The second-order valence-electron chi connectivity index (χ2n) is 5.64. The summed E-state index contributed by atoms with van der Waals surface area (Å²) in [5, 5.41) is 2.77. The molecular formula is C16H20N4O4. The van der Waals surface area contributed by atoms with Crippen LogP contribution in [0.2, 0.25) is 0 Å². The van der Waals surface area contributed by atoms with Crippen molar-refractivity contribution in [3.8, 4) is 0 Å². The number of imidazole rings is 1. The number of rotatable bonds is 5. The van der Waals surface area contributed by atoms with Crippen LogP contribution in [0.4, 0.5) is 0 Å². The molecule has 2 aromatic rings. The van der Waals surface area contributed by atoms with Crippen LogP contribution in [0.1, 0.15) is 35.0 Å². The number of hydrogen-bond acceptors (Lipinski definition) is 5. The summed E-state index contributed by atoms with van der Waals surface area (Å²) in [7, 11) is 1.49. The maximum atomic E-state index is 12.3. The zero-order valence-electron chi connectivity index (χ0n) is 13.7. The summed E-state index contributed by atoms with van der Waals surface area (Å²) in [6, 6.07) is 3.36. The largest absolute Gasteiger partial charge is 0.467 e. The molecule has 0 fully saturated rings. The van der Waals surface area contributed by atoms with Gasteiger partial charge in [-0.15, -0.1) is 0 Å². The lowest BCUT2D eigenvalue weighted by molar-refractivity contribution is -0.138. The second kappa shape index (κ2) is 6.88. The van der Waals surface area contributed by atoms with E-state index in [1.165, 1.54) is 7.11 Å². The van der Waals surface area contributed by atoms with Gasteiger partial charge in [0.25, 0.3) is 5.91 Å². The molecule has 24 heavy (non-hydrogen) atoms. The van der Waals surface area contributed by atoms with Crippen molar-refractivity contribution in [2.24, 2.45) is 0 Å². The zero-order valence-corrected chi connectivity index (χ0v) is 13.7. The Balaban J connectivity index is 1.69. The Hall–Kier alpha value is -2.61. The number of fused-ring (bicyclic) bond motifs is 1. The number of nitrogens with zero attached hydrogens (tertiary/aromatic N) is 3. The lowest BCUT2D eigenvalue weighted by Crippen LogP contribution is -2.42. The molecule has 8 heteroatoms. The minimum Gasteiger partial charge on any atom is -0.467 e. The van der Waals surface area contributed by atoms with E-state index >= 15 is 0 Å². The summed E-state index contributed by atoms with van der Waals surface area (Å²) in [4.78, 5) is 30.4. The molecule has 3 rings (SSSR count). The van der Waals surface area contributed by atoms with Crippen LogP contribution >= 0.6 is 0 Å². The predicted octanol–water partition coefficient (Wildman–Crippen LogP) is 0.956. The lowest BCUT2D eigenvalue weighted by atomic mass is 10.2. The van der Waals surface area contributed by atoms with E-state index in [2.05, 4.69) is 10.3 Å². The van der Waals surface area contributed by atoms with E-state index in [1.807, 2.05) is 11.5 Å². The molecule has 1 atom stereocenters. The van der Waals surface area contributed by atoms with Gasteiger partial charge in [0.2, 0.25) is 5.91 Å². The molecule has 0 radical (unpaired) electrons. The number of nitrogens with one attached hydrogen (secondary N) is 1. The van der Waals surface area contributed by atoms with Crippen molar-refractivity contribution in [3.05, 3.63) is 41.9 Å². The Morgan fingerprint density at radius 2 is 2.29 bits per heavy atom. The number of ether oxygens (including phenoxy) is 1. The van der Waals surface area contributed by atoms with Crippen LogP contribution in [0.3, 0.4) is 0 Å². The molecule has 3 heterocycles. The van der Waals surface area contributed by atoms with Crippen LogP contribution < -0.4 is 5.32 Å². The maximum Gasteiger partial charge on any atom is 0.271 e. The number of aromatic nitrogens is 2. The van der Waals surface area contributed by atoms with Crippen molar-refractivity contribution in [1.29, 1.82) is 0 Å². The molecule has 128 valence electrons. The highest BCUT2D eigenvalue weighted by Gasteiger charge is 2.30. The van der Waals surface area contributed by atoms with E-state index in [9.17, 15) is 9.59 Å². The van der Waals surface area contributed by atoms with E-state index in [1.54, 1.807) is 29.5 Å². The van der Waals surface area contributed by atoms with Crippen molar-refractivity contribution >= 4 is 11.8 Å². The molecule has 0 bridgehead atoms. The van der Waals surface area contributed by atoms with Gasteiger partial charge in [0.15, 0.2) is 0 Å². The van der Waals surface area contributed by atoms with Crippen LogP contribution in [0.5, 0.6) is 0 Å². The summed E-state index contributed by atoms with van der Waals surface area (Å²) in [6.45, 7) is 3.42. The van der Waals surface area contributed by atoms with Crippen LogP contribution in [-0.2, 0) is 22.6 Å². The first-order valence-electron chi connectivity index (χ1n) is 7.76. The molecule has 2 amide bonds. The highest BCUT2D eigenvalue weighted by Crippen LogP contribution is 2.24. The Bertz CT molecular complexity index is 723. The van der Waals surface area contributed by atoms with Crippen molar-refractivity contribution in [1.82, 2.24) is 19.8 Å². The van der Waals surface area contributed by atoms with Gasteiger partial charge in [0.05, 0.1) is 18.8 Å². The molecule has 1 aliphatic rings.